The first-order chi connectivity index (χ1) is 17.9. The minimum absolute atomic E-state index is 0.0604. The number of nitrogens with one attached hydrogen (secondary N) is 2. The number of aromatic hydroxyl groups is 1. The standard InChI is InChI=1S/C30H39N3O5/c1-8-12-21(4)31-27(35)26(24-14-11-10-13-20(24)3)33(9-2)28(36)25(32-29(37)38-30(5,6)7)19-22-15-17-23(34)18-16-22/h2,10-11,13-18,21,25-26,34H,8,12,19H2,1,3-7H3,(H,31,35)(H,32,37). The molecule has 3 amide bonds. The summed E-state index contributed by atoms with van der Waals surface area (Å²) >= 11 is 0. The van der Waals surface area contributed by atoms with Gasteiger partial charge in [-0.2, -0.15) is 0 Å². The SMILES string of the molecule is C#CN(C(=O)C(Cc1ccc(O)cc1)NC(=O)OC(C)(C)C)C(C(=O)NC(C)CCC)c1ccccc1C. The Morgan fingerprint density at radius 1 is 1.08 bits per heavy atom. The van der Waals surface area contributed by atoms with E-state index in [-0.39, 0.29) is 18.2 Å². The minimum atomic E-state index is -1.14. The third-order valence-electron chi connectivity index (χ3n) is 5.84. The van der Waals surface area contributed by atoms with Crippen LogP contribution in [0.3, 0.4) is 0 Å². The predicted molar refractivity (Wildman–Crippen MR) is 147 cm³/mol. The number of hydrogen-bond acceptors (Lipinski definition) is 5. The van der Waals surface area contributed by atoms with Crippen molar-refractivity contribution in [2.45, 2.75) is 84.5 Å². The maximum Gasteiger partial charge on any atom is 0.408 e. The Balaban J connectivity index is 2.50. The number of terminal acetylenes is 1. The molecule has 8 nitrogen and oxygen atoms in total. The fourth-order valence-electron chi connectivity index (χ4n) is 4.07. The molecule has 2 aromatic carbocycles. The van der Waals surface area contributed by atoms with E-state index in [2.05, 4.69) is 16.7 Å². The van der Waals surface area contributed by atoms with Gasteiger partial charge in [-0.3, -0.25) is 14.5 Å². The number of alkyl carbamates (subject to hydrolysis) is 1. The summed E-state index contributed by atoms with van der Waals surface area (Å²) in [5.41, 5.74) is 1.25. The van der Waals surface area contributed by atoms with E-state index in [1.54, 1.807) is 45.0 Å². The summed E-state index contributed by atoms with van der Waals surface area (Å²) in [7, 11) is 0. The molecule has 0 spiro atoms. The van der Waals surface area contributed by atoms with Crippen LogP contribution < -0.4 is 10.6 Å². The molecule has 0 heterocycles. The molecule has 0 aliphatic rings. The molecule has 0 aromatic heterocycles. The van der Waals surface area contributed by atoms with Crippen LogP contribution in [0.4, 0.5) is 4.79 Å². The summed E-state index contributed by atoms with van der Waals surface area (Å²) in [6.45, 7) is 10.9. The second-order valence-corrected chi connectivity index (χ2v) is 10.4. The van der Waals surface area contributed by atoms with Crippen molar-refractivity contribution in [1.82, 2.24) is 15.5 Å². The second kappa shape index (κ2) is 13.5. The van der Waals surface area contributed by atoms with Crippen molar-refractivity contribution in [2.75, 3.05) is 0 Å². The van der Waals surface area contributed by atoms with Crippen molar-refractivity contribution in [1.29, 1.82) is 0 Å². The number of phenolic OH excluding ortho intramolecular Hbond substituents is 1. The molecule has 8 heteroatoms. The first kappa shape index (κ1) is 30.2. The summed E-state index contributed by atoms with van der Waals surface area (Å²) in [5, 5.41) is 15.3. The third-order valence-corrected chi connectivity index (χ3v) is 5.84. The molecule has 204 valence electrons. The Bertz CT molecular complexity index is 1150. The molecule has 0 aliphatic heterocycles. The average Bonchev–Trinajstić information content (AvgIpc) is 2.82. The summed E-state index contributed by atoms with van der Waals surface area (Å²) < 4.78 is 5.39. The van der Waals surface area contributed by atoms with Gasteiger partial charge >= 0.3 is 6.09 Å². The Morgan fingerprint density at radius 2 is 1.71 bits per heavy atom. The number of carbonyl (C=O) groups is 3. The van der Waals surface area contributed by atoms with Crippen LogP contribution >= 0.6 is 0 Å². The maximum absolute atomic E-state index is 14.0. The zero-order valence-electron chi connectivity index (χ0n) is 23.1. The Hall–Kier alpha value is -3.99. The largest absolute Gasteiger partial charge is 0.508 e. The first-order valence-electron chi connectivity index (χ1n) is 12.8. The summed E-state index contributed by atoms with van der Waals surface area (Å²) in [6.07, 6.45) is 6.78. The van der Waals surface area contributed by atoms with Crippen molar-refractivity contribution in [3.63, 3.8) is 0 Å². The third kappa shape index (κ3) is 8.84. The maximum atomic E-state index is 14.0. The number of aryl methyl sites for hydroxylation is 1. The number of ether oxygens (including phenoxy) is 1. The van der Waals surface area contributed by atoms with E-state index >= 15 is 0 Å². The van der Waals surface area contributed by atoms with Crippen molar-refractivity contribution < 1.29 is 24.2 Å². The predicted octanol–water partition coefficient (Wildman–Crippen LogP) is 4.60. The lowest BCUT2D eigenvalue weighted by atomic mass is 9.97. The highest BCUT2D eigenvalue weighted by molar-refractivity contribution is 5.93. The lowest BCUT2D eigenvalue weighted by Crippen LogP contribution is -2.53. The van der Waals surface area contributed by atoms with Gasteiger partial charge < -0.3 is 20.5 Å². The molecule has 2 rings (SSSR count). The van der Waals surface area contributed by atoms with E-state index in [4.69, 9.17) is 11.2 Å². The smallest absolute Gasteiger partial charge is 0.408 e. The van der Waals surface area contributed by atoms with Crippen molar-refractivity contribution in [2.24, 2.45) is 0 Å². The molecule has 3 atom stereocenters. The van der Waals surface area contributed by atoms with Gasteiger partial charge in [0.2, 0.25) is 5.91 Å². The van der Waals surface area contributed by atoms with Gasteiger partial charge in [-0.15, -0.1) is 0 Å². The first-order valence-corrected chi connectivity index (χ1v) is 12.8. The molecule has 3 N–H and O–H groups in total. The Labute approximate surface area is 225 Å². The molecule has 0 fully saturated rings. The molecule has 0 bridgehead atoms. The topological polar surface area (TPSA) is 108 Å². The zero-order valence-corrected chi connectivity index (χ0v) is 23.1. The highest BCUT2D eigenvalue weighted by Gasteiger charge is 2.37. The normalized spacial score (nSPS) is 13.4. The van der Waals surface area contributed by atoms with Gasteiger partial charge in [0.05, 0.1) is 0 Å². The number of amides is 3. The number of nitrogens with zero attached hydrogens (tertiary/aromatic N) is 1. The van der Waals surface area contributed by atoms with Gasteiger partial charge in [0, 0.05) is 18.5 Å². The van der Waals surface area contributed by atoms with Crippen molar-refractivity contribution in [3.05, 3.63) is 65.2 Å². The average molecular weight is 522 g/mol. The number of benzene rings is 2. The fraction of sp³-hybridized carbons (Fsp3) is 0.433. The highest BCUT2D eigenvalue weighted by Crippen LogP contribution is 2.26. The zero-order chi connectivity index (χ0) is 28.5. The van der Waals surface area contributed by atoms with Crippen LogP contribution in [0.15, 0.2) is 48.5 Å². The van der Waals surface area contributed by atoms with Crippen molar-refractivity contribution in [3.8, 4) is 18.2 Å². The van der Waals surface area contributed by atoms with E-state index < -0.39 is 35.6 Å². The van der Waals surface area contributed by atoms with Gasteiger partial charge in [-0.25, -0.2) is 4.79 Å². The van der Waals surface area contributed by atoms with Gasteiger partial charge in [-0.05, 0) is 69.9 Å². The van der Waals surface area contributed by atoms with Gasteiger partial charge in [-0.1, -0.05) is 56.2 Å². The lowest BCUT2D eigenvalue weighted by Gasteiger charge is -2.32. The molecule has 2 aromatic rings. The molecule has 0 saturated heterocycles. The molecule has 0 aliphatic carbocycles. The summed E-state index contributed by atoms with van der Waals surface area (Å²) in [5.74, 6) is -0.982. The molecule has 0 saturated carbocycles. The quantitative estimate of drug-likeness (QED) is 0.313. The number of hydrogen-bond donors (Lipinski definition) is 3. The Kier molecular flexibility index (Phi) is 10.8. The molecule has 3 unspecified atom stereocenters. The highest BCUT2D eigenvalue weighted by atomic mass is 16.6. The van der Waals surface area contributed by atoms with Crippen LogP contribution in [0.2, 0.25) is 0 Å². The van der Waals surface area contributed by atoms with Crippen LogP contribution in [-0.4, -0.2) is 45.6 Å². The van der Waals surface area contributed by atoms with Gasteiger partial charge in [0.15, 0.2) is 0 Å². The van der Waals surface area contributed by atoms with Crippen LogP contribution in [-0.2, 0) is 20.7 Å². The van der Waals surface area contributed by atoms with E-state index in [1.165, 1.54) is 12.1 Å². The number of phenols is 1. The van der Waals surface area contributed by atoms with Gasteiger partial charge in [0.25, 0.3) is 5.91 Å². The van der Waals surface area contributed by atoms with Crippen LogP contribution in [0, 0.1) is 19.4 Å². The molecule has 0 radical (unpaired) electrons. The van der Waals surface area contributed by atoms with Crippen LogP contribution in [0.5, 0.6) is 5.75 Å². The number of rotatable bonds is 10. The van der Waals surface area contributed by atoms with E-state index in [1.807, 2.05) is 32.9 Å². The summed E-state index contributed by atoms with van der Waals surface area (Å²) in [4.78, 5) is 41.3. The molecular formula is C30H39N3O5. The van der Waals surface area contributed by atoms with Crippen LogP contribution in [0.25, 0.3) is 0 Å². The van der Waals surface area contributed by atoms with E-state index in [0.29, 0.717) is 11.1 Å². The fourth-order valence-corrected chi connectivity index (χ4v) is 4.07. The monoisotopic (exact) mass is 521 g/mol. The Morgan fingerprint density at radius 3 is 2.26 bits per heavy atom. The second-order valence-electron chi connectivity index (χ2n) is 10.4. The van der Waals surface area contributed by atoms with Crippen LogP contribution in [0.1, 0.15) is 70.2 Å². The molecular weight excluding hydrogens is 482 g/mol. The van der Waals surface area contributed by atoms with Crippen molar-refractivity contribution >= 4 is 17.9 Å². The minimum Gasteiger partial charge on any atom is -0.508 e. The molecule has 38 heavy (non-hydrogen) atoms. The number of carbonyl (C=O) groups excluding carboxylic acids is 3. The lowest BCUT2D eigenvalue weighted by molar-refractivity contribution is -0.138. The van der Waals surface area contributed by atoms with Gasteiger partial charge in [0.1, 0.15) is 23.4 Å². The summed E-state index contributed by atoms with van der Waals surface area (Å²) in [6, 6.07) is 13.5. The van der Waals surface area contributed by atoms with E-state index in [0.717, 1.165) is 23.3 Å². The van der Waals surface area contributed by atoms with E-state index in [9.17, 15) is 19.5 Å².